The number of sulfonamides is 1. The quantitative estimate of drug-likeness (QED) is 0.670. The largest absolute Gasteiger partial charge is 0.376 e. The van der Waals surface area contributed by atoms with Crippen molar-refractivity contribution in [1.82, 2.24) is 4.31 Å². The normalized spacial score (nSPS) is 11.5. The van der Waals surface area contributed by atoms with Gasteiger partial charge in [0.2, 0.25) is 15.9 Å². The van der Waals surface area contributed by atoms with E-state index in [2.05, 4.69) is 17.6 Å². The average molecular weight is 404 g/mol. The summed E-state index contributed by atoms with van der Waals surface area (Å²) in [5.74, 6) is -0.149. The Balaban J connectivity index is 2.01. The molecule has 0 saturated heterocycles. The second-order valence-electron chi connectivity index (χ2n) is 6.48. The van der Waals surface area contributed by atoms with Crippen LogP contribution < -0.4 is 10.6 Å². The van der Waals surface area contributed by atoms with Crippen molar-refractivity contribution in [3.8, 4) is 0 Å². The molecule has 2 aromatic carbocycles. The van der Waals surface area contributed by atoms with E-state index < -0.39 is 10.0 Å². The summed E-state index contributed by atoms with van der Waals surface area (Å²) in [5, 5.41) is 6.00. The van der Waals surface area contributed by atoms with E-state index in [0.29, 0.717) is 18.8 Å². The number of carbonyl (C=O) groups is 1. The number of anilines is 2. The van der Waals surface area contributed by atoms with Gasteiger partial charge in [0.25, 0.3) is 0 Å². The van der Waals surface area contributed by atoms with E-state index in [0.717, 1.165) is 23.2 Å². The number of rotatable bonds is 9. The van der Waals surface area contributed by atoms with Gasteiger partial charge in [-0.3, -0.25) is 4.79 Å². The van der Waals surface area contributed by atoms with Gasteiger partial charge in [0.1, 0.15) is 0 Å². The first-order chi connectivity index (χ1) is 13.3. The molecule has 0 aliphatic carbocycles. The number of aryl methyl sites for hydroxylation is 2. The maximum absolute atomic E-state index is 12.5. The van der Waals surface area contributed by atoms with E-state index in [1.165, 1.54) is 4.31 Å². The first-order valence-corrected chi connectivity index (χ1v) is 11.0. The maximum Gasteiger partial charge on any atom is 0.243 e. The van der Waals surface area contributed by atoms with Crippen LogP contribution in [-0.4, -0.2) is 38.3 Å². The highest BCUT2D eigenvalue weighted by atomic mass is 32.2. The molecule has 0 spiro atoms. The van der Waals surface area contributed by atoms with Gasteiger partial charge in [-0.1, -0.05) is 39.0 Å². The number of para-hydroxylation sites is 1. The fourth-order valence-corrected chi connectivity index (χ4v) is 4.48. The van der Waals surface area contributed by atoms with Gasteiger partial charge in [0, 0.05) is 24.5 Å². The van der Waals surface area contributed by atoms with Crippen LogP contribution in [0.4, 0.5) is 11.4 Å². The molecule has 0 atom stereocenters. The highest BCUT2D eigenvalue weighted by Crippen LogP contribution is 2.21. The summed E-state index contributed by atoms with van der Waals surface area (Å²) in [5.41, 5.74) is 3.67. The minimum absolute atomic E-state index is 0.0969. The fraction of sp³-hybridized carbons (Fsp3) is 0.381. The van der Waals surface area contributed by atoms with E-state index in [1.807, 2.05) is 39.0 Å². The summed E-state index contributed by atoms with van der Waals surface area (Å²) in [6.45, 7) is 8.60. The van der Waals surface area contributed by atoms with Crippen molar-refractivity contribution < 1.29 is 13.2 Å². The molecule has 0 radical (unpaired) electrons. The van der Waals surface area contributed by atoms with Crippen LogP contribution in [0.1, 0.15) is 31.9 Å². The molecule has 1 amide bonds. The summed E-state index contributed by atoms with van der Waals surface area (Å²) >= 11 is 0. The molecule has 0 aliphatic rings. The first kappa shape index (κ1) is 21.9. The predicted molar refractivity (Wildman–Crippen MR) is 114 cm³/mol. The number of nitrogens with zero attached hydrogens (tertiary/aromatic N) is 1. The lowest BCUT2D eigenvalue weighted by molar-refractivity contribution is -0.114. The highest BCUT2D eigenvalue weighted by molar-refractivity contribution is 7.89. The lowest BCUT2D eigenvalue weighted by Gasteiger charge is -2.18. The van der Waals surface area contributed by atoms with Crippen LogP contribution in [0.15, 0.2) is 47.4 Å². The Hall–Kier alpha value is -2.38. The molecule has 0 unspecified atom stereocenters. The SMILES string of the molecule is CCc1cccc(C)c1NC(=O)CNc1ccc(S(=O)(=O)N(CC)CC)cc1. The third-order valence-electron chi connectivity index (χ3n) is 4.65. The van der Waals surface area contributed by atoms with Gasteiger partial charge < -0.3 is 10.6 Å². The monoisotopic (exact) mass is 403 g/mol. The lowest BCUT2D eigenvalue weighted by Crippen LogP contribution is -2.30. The first-order valence-electron chi connectivity index (χ1n) is 9.55. The molecular formula is C21H29N3O3S. The Labute approximate surface area is 168 Å². The molecule has 0 aromatic heterocycles. The Morgan fingerprint density at radius 1 is 1.00 bits per heavy atom. The molecule has 2 aromatic rings. The molecule has 0 heterocycles. The average Bonchev–Trinajstić information content (AvgIpc) is 2.69. The van der Waals surface area contributed by atoms with Crippen molar-refractivity contribution in [2.75, 3.05) is 30.3 Å². The minimum Gasteiger partial charge on any atom is -0.376 e. The molecular weight excluding hydrogens is 374 g/mol. The molecule has 0 aliphatic heterocycles. The summed E-state index contributed by atoms with van der Waals surface area (Å²) in [6, 6.07) is 12.4. The Morgan fingerprint density at radius 2 is 1.64 bits per heavy atom. The van der Waals surface area contributed by atoms with Crippen molar-refractivity contribution in [2.24, 2.45) is 0 Å². The summed E-state index contributed by atoms with van der Waals surface area (Å²) in [6.07, 6.45) is 0.840. The maximum atomic E-state index is 12.5. The predicted octanol–water partition coefficient (Wildman–Crippen LogP) is 3.64. The van der Waals surface area contributed by atoms with E-state index in [9.17, 15) is 13.2 Å². The molecule has 152 valence electrons. The smallest absolute Gasteiger partial charge is 0.243 e. The van der Waals surface area contributed by atoms with Gasteiger partial charge in [-0.15, -0.1) is 0 Å². The van der Waals surface area contributed by atoms with E-state index in [1.54, 1.807) is 24.3 Å². The highest BCUT2D eigenvalue weighted by Gasteiger charge is 2.21. The number of hydrogen-bond donors (Lipinski definition) is 2. The second kappa shape index (κ2) is 9.71. The standard InChI is InChI=1S/C21H29N3O3S/c1-5-17-10-8-9-16(4)21(17)23-20(25)15-22-18-11-13-19(14-12-18)28(26,27)24(6-2)7-3/h8-14,22H,5-7,15H2,1-4H3,(H,23,25). The van der Waals surface area contributed by atoms with Gasteiger partial charge in [-0.2, -0.15) is 4.31 Å². The number of benzene rings is 2. The van der Waals surface area contributed by atoms with E-state index in [4.69, 9.17) is 0 Å². The molecule has 2 N–H and O–H groups in total. The number of nitrogens with one attached hydrogen (secondary N) is 2. The molecule has 0 bridgehead atoms. The van der Waals surface area contributed by atoms with Crippen molar-refractivity contribution in [2.45, 2.75) is 39.0 Å². The van der Waals surface area contributed by atoms with Crippen LogP contribution in [0.2, 0.25) is 0 Å². The number of hydrogen-bond acceptors (Lipinski definition) is 4. The van der Waals surface area contributed by atoms with Crippen molar-refractivity contribution in [3.05, 3.63) is 53.6 Å². The van der Waals surface area contributed by atoms with Gasteiger partial charge >= 0.3 is 0 Å². The third kappa shape index (κ3) is 5.11. The van der Waals surface area contributed by atoms with Gasteiger partial charge in [-0.25, -0.2) is 8.42 Å². The van der Waals surface area contributed by atoms with Gasteiger partial charge in [0.15, 0.2) is 0 Å². The molecule has 6 nitrogen and oxygen atoms in total. The number of amides is 1. The van der Waals surface area contributed by atoms with Crippen molar-refractivity contribution >= 4 is 27.3 Å². The van der Waals surface area contributed by atoms with Crippen LogP contribution in [0.5, 0.6) is 0 Å². The summed E-state index contributed by atoms with van der Waals surface area (Å²) in [7, 11) is -3.48. The Kier molecular flexibility index (Phi) is 7.60. The van der Waals surface area contributed by atoms with Crippen molar-refractivity contribution in [1.29, 1.82) is 0 Å². The molecule has 0 saturated carbocycles. The second-order valence-corrected chi connectivity index (χ2v) is 8.42. The van der Waals surface area contributed by atoms with Crippen LogP contribution in [0, 0.1) is 6.92 Å². The van der Waals surface area contributed by atoms with E-state index in [-0.39, 0.29) is 17.3 Å². The zero-order valence-electron chi connectivity index (χ0n) is 17.0. The van der Waals surface area contributed by atoms with Gasteiger partial charge in [0.05, 0.1) is 11.4 Å². The lowest BCUT2D eigenvalue weighted by atomic mass is 10.1. The minimum atomic E-state index is -3.48. The van der Waals surface area contributed by atoms with Crippen LogP contribution in [0.3, 0.4) is 0 Å². The summed E-state index contributed by atoms with van der Waals surface area (Å²) < 4.78 is 26.4. The topological polar surface area (TPSA) is 78.5 Å². The van der Waals surface area contributed by atoms with Crippen LogP contribution >= 0.6 is 0 Å². The van der Waals surface area contributed by atoms with Gasteiger partial charge in [-0.05, 0) is 48.7 Å². The van der Waals surface area contributed by atoms with Crippen LogP contribution in [-0.2, 0) is 21.2 Å². The molecule has 2 rings (SSSR count). The molecule has 7 heteroatoms. The Morgan fingerprint density at radius 3 is 2.21 bits per heavy atom. The molecule has 0 fully saturated rings. The zero-order chi connectivity index (χ0) is 20.7. The fourth-order valence-electron chi connectivity index (χ4n) is 3.03. The Bertz CT molecular complexity index is 905. The zero-order valence-corrected chi connectivity index (χ0v) is 17.8. The van der Waals surface area contributed by atoms with Crippen LogP contribution in [0.25, 0.3) is 0 Å². The van der Waals surface area contributed by atoms with Crippen molar-refractivity contribution in [3.63, 3.8) is 0 Å². The number of carbonyl (C=O) groups excluding carboxylic acids is 1. The van der Waals surface area contributed by atoms with E-state index >= 15 is 0 Å². The third-order valence-corrected chi connectivity index (χ3v) is 6.72. The summed E-state index contributed by atoms with van der Waals surface area (Å²) in [4.78, 5) is 12.6. The molecule has 28 heavy (non-hydrogen) atoms.